The highest BCUT2D eigenvalue weighted by molar-refractivity contribution is 5.30. The summed E-state index contributed by atoms with van der Waals surface area (Å²) >= 11 is 0. The normalized spacial score (nSPS) is 19.9. The third-order valence-corrected chi connectivity index (χ3v) is 3.98. The fourth-order valence-corrected chi connectivity index (χ4v) is 2.79. The van der Waals surface area contributed by atoms with E-state index < -0.39 is 0 Å². The summed E-state index contributed by atoms with van der Waals surface area (Å²) in [7, 11) is 0. The molecule has 0 saturated carbocycles. The third-order valence-electron chi connectivity index (χ3n) is 3.98. The number of hydrogen-bond donors (Lipinski definition) is 1. The Kier molecular flexibility index (Phi) is 4.14. The first-order chi connectivity index (χ1) is 9.83. The summed E-state index contributed by atoms with van der Waals surface area (Å²) in [5.74, 6) is 0. The van der Waals surface area contributed by atoms with Gasteiger partial charge in [0.15, 0.2) is 0 Å². The van der Waals surface area contributed by atoms with Gasteiger partial charge in [-0.05, 0) is 36.0 Å². The smallest absolute Gasteiger partial charge is 0.0768 e. The van der Waals surface area contributed by atoms with E-state index in [1.54, 1.807) is 0 Å². The minimum atomic E-state index is 0.00303. The third kappa shape index (κ3) is 3.09. The van der Waals surface area contributed by atoms with Gasteiger partial charge >= 0.3 is 0 Å². The largest absolute Gasteiger partial charge is 0.376 e. The molecule has 1 aliphatic heterocycles. The molecule has 0 spiro atoms. The van der Waals surface area contributed by atoms with E-state index in [2.05, 4.69) is 48.5 Å². The lowest BCUT2D eigenvalue weighted by atomic mass is 9.97. The molecule has 0 aliphatic carbocycles. The second-order valence-corrected chi connectivity index (χ2v) is 5.48. The molecule has 2 aromatic carbocycles. The Morgan fingerprint density at radius 2 is 1.70 bits per heavy atom. The van der Waals surface area contributed by atoms with E-state index in [1.807, 2.05) is 6.07 Å². The Labute approximate surface area is 120 Å². The van der Waals surface area contributed by atoms with E-state index >= 15 is 0 Å². The lowest BCUT2D eigenvalue weighted by molar-refractivity contribution is 0.0900. The maximum absolute atomic E-state index is 6.28. The van der Waals surface area contributed by atoms with Gasteiger partial charge in [-0.2, -0.15) is 0 Å². The highest BCUT2D eigenvalue weighted by atomic mass is 16.5. The van der Waals surface area contributed by atoms with Crippen LogP contribution in [0.15, 0.2) is 54.6 Å². The van der Waals surface area contributed by atoms with Crippen molar-refractivity contribution >= 4 is 0 Å². The van der Waals surface area contributed by atoms with E-state index in [0.29, 0.717) is 0 Å². The molecule has 0 radical (unpaired) electrons. The van der Waals surface area contributed by atoms with Gasteiger partial charge in [-0.15, -0.1) is 0 Å². The van der Waals surface area contributed by atoms with Crippen LogP contribution in [0.25, 0.3) is 0 Å². The van der Waals surface area contributed by atoms with Gasteiger partial charge in [0.2, 0.25) is 0 Å². The summed E-state index contributed by atoms with van der Waals surface area (Å²) in [6, 6.07) is 19.2. The summed E-state index contributed by atoms with van der Waals surface area (Å²) in [5, 5.41) is 0. The average Bonchev–Trinajstić information content (AvgIpc) is 3.03. The van der Waals surface area contributed by atoms with Gasteiger partial charge in [0.25, 0.3) is 0 Å². The molecule has 1 saturated heterocycles. The van der Waals surface area contributed by atoms with Crippen LogP contribution in [-0.4, -0.2) is 12.7 Å². The molecular weight excluding hydrogens is 246 g/mol. The molecule has 2 heteroatoms. The number of nitrogens with two attached hydrogens (primary N) is 1. The van der Waals surface area contributed by atoms with Gasteiger partial charge in [0, 0.05) is 6.61 Å². The molecule has 3 rings (SSSR count). The zero-order chi connectivity index (χ0) is 13.8. The molecule has 1 aliphatic rings. The van der Waals surface area contributed by atoms with Crippen LogP contribution in [-0.2, 0) is 11.2 Å². The van der Waals surface area contributed by atoms with Crippen molar-refractivity contribution in [1.82, 2.24) is 0 Å². The predicted octanol–water partition coefficient (Wildman–Crippen LogP) is 3.46. The molecular formula is C18H21NO. The van der Waals surface area contributed by atoms with Crippen molar-refractivity contribution in [2.75, 3.05) is 6.61 Å². The van der Waals surface area contributed by atoms with E-state index in [-0.39, 0.29) is 12.1 Å². The number of benzene rings is 2. The summed E-state index contributed by atoms with van der Waals surface area (Å²) < 4.78 is 5.67. The fraction of sp³-hybridized carbons (Fsp3) is 0.333. The van der Waals surface area contributed by atoms with Crippen molar-refractivity contribution in [3.05, 3.63) is 71.3 Å². The Bertz CT molecular complexity index is 529. The van der Waals surface area contributed by atoms with Crippen LogP contribution < -0.4 is 5.73 Å². The highest BCUT2D eigenvalue weighted by Crippen LogP contribution is 2.25. The molecule has 0 aromatic heterocycles. The Balaban J connectivity index is 1.68. The molecule has 104 valence electrons. The van der Waals surface area contributed by atoms with Crippen LogP contribution in [0.2, 0.25) is 0 Å². The van der Waals surface area contributed by atoms with Gasteiger partial charge in [-0.1, -0.05) is 54.6 Å². The van der Waals surface area contributed by atoms with Crippen molar-refractivity contribution in [2.24, 2.45) is 5.73 Å². The molecule has 0 amide bonds. The predicted molar refractivity (Wildman–Crippen MR) is 81.6 cm³/mol. The summed E-state index contributed by atoms with van der Waals surface area (Å²) in [5.41, 5.74) is 10.1. The summed E-state index contributed by atoms with van der Waals surface area (Å²) in [6.45, 7) is 0.852. The number of rotatable bonds is 4. The number of hydrogen-bond acceptors (Lipinski definition) is 2. The topological polar surface area (TPSA) is 35.2 Å². The molecule has 20 heavy (non-hydrogen) atoms. The molecule has 2 unspecified atom stereocenters. The Hall–Kier alpha value is -1.64. The average molecular weight is 267 g/mol. The van der Waals surface area contributed by atoms with Crippen LogP contribution >= 0.6 is 0 Å². The van der Waals surface area contributed by atoms with E-state index in [1.165, 1.54) is 16.7 Å². The number of ether oxygens (including phenoxy) is 1. The Morgan fingerprint density at radius 1 is 1.00 bits per heavy atom. The van der Waals surface area contributed by atoms with Crippen molar-refractivity contribution in [3.8, 4) is 0 Å². The molecule has 2 nitrogen and oxygen atoms in total. The SMILES string of the molecule is NC(c1ccc(Cc2ccccc2)cc1)C1CCCO1. The van der Waals surface area contributed by atoms with Crippen LogP contribution in [0.5, 0.6) is 0 Å². The quantitative estimate of drug-likeness (QED) is 0.920. The molecule has 0 bridgehead atoms. The zero-order valence-electron chi connectivity index (χ0n) is 11.7. The van der Waals surface area contributed by atoms with Crippen LogP contribution in [0, 0.1) is 0 Å². The maximum atomic E-state index is 6.28. The molecule has 2 N–H and O–H groups in total. The van der Waals surface area contributed by atoms with Crippen LogP contribution in [0.1, 0.15) is 35.6 Å². The minimum absolute atomic E-state index is 0.00303. The van der Waals surface area contributed by atoms with Gasteiger partial charge in [0.05, 0.1) is 12.1 Å². The molecule has 1 heterocycles. The van der Waals surface area contributed by atoms with Crippen molar-refractivity contribution in [2.45, 2.75) is 31.4 Å². The summed E-state index contributed by atoms with van der Waals surface area (Å²) in [4.78, 5) is 0. The van der Waals surface area contributed by atoms with Crippen molar-refractivity contribution in [3.63, 3.8) is 0 Å². The van der Waals surface area contributed by atoms with Gasteiger partial charge < -0.3 is 10.5 Å². The minimum Gasteiger partial charge on any atom is -0.376 e. The van der Waals surface area contributed by atoms with Crippen LogP contribution in [0.3, 0.4) is 0 Å². The van der Waals surface area contributed by atoms with Gasteiger partial charge in [-0.25, -0.2) is 0 Å². The first kappa shape index (κ1) is 13.3. The van der Waals surface area contributed by atoms with Crippen LogP contribution in [0.4, 0.5) is 0 Å². The fourth-order valence-electron chi connectivity index (χ4n) is 2.79. The van der Waals surface area contributed by atoms with Gasteiger partial charge in [0.1, 0.15) is 0 Å². The molecule has 2 atom stereocenters. The second-order valence-electron chi connectivity index (χ2n) is 5.48. The van der Waals surface area contributed by atoms with E-state index in [9.17, 15) is 0 Å². The van der Waals surface area contributed by atoms with E-state index in [0.717, 1.165) is 25.9 Å². The summed E-state index contributed by atoms with van der Waals surface area (Å²) in [6.07, 6.45) is 3.36. The first-order valence-electron chi connectivity index (χ1n) is 7.33. The molecule has 1 fully saturated rings. The zero-order valence-corrected chi connectivity index (χ0v) is 11.7. The monoisotopic (exact) mass is 267 g/mol. The lowest BCUT2D eigenvalue weighted by Crippen LogP contribution is -2.25. The lowest BCUT2D eigenvalue weighted by Gasteiger charge is -2.19. The standard InChI is InChI=1S/C18H21NO/c19-18(17-7-4-12-20-17)16-10-8-15(9-11-16)13-14-5-2-1-3-6-14/h1-3,5-6,8-11,17-18H,4,7,12-13,19H2. The van der Waals surface area contributed by atoms with Gasteiger partial charge in [-0.3, -0.25) is 0 Å². The molecule has 2 aromatic rings. The van der Waals surface area contributed by atoms with E-state index in [4.69, 9.17) is 10.5 Å². The first-order valence-corrected chi connectivity index (χ1v) is 7.33. The second kappa shape index (κ2) is 6.21. The van der Waals surface area contributed by atoms with Crippen molar-refractivity contribution in [1.29, 1.82) is 0 Å². The Morgan fingerprint density at radius 3 is 2.35 bits per heavy atom. The van der Waals surface area contributed by atoms with Crippen molar-refractivity contribution < 1.29 is 4.74 Å². The maximum Gasteiger partial charge on any atom is 0.0768 e. The highest BCUT2D eigenvalue weighted by Gasteiger charge is 2.23.